The van der Waals surface area contributed by atoms with Crippen molar-refractivity contribution in [3.63, 3.8) is 0 Å². The van der Waals surface area contributed by atoms with Gasteiger partial charge in [-0.1, -0.05) is 66.2 Å². The third-order valence-electron chi connectivity index (χ3n) is 7.17. The second-order valence-electron chi connectivity index (χ2n) is 9.49. The molecule has 1 fully saturated rings. The van der Waals surface area contributed by atoms with Crippen molar-refractivity contribution in [1.29, 1.82) is 0 Å². The summed E-state index contributed by atoms with van der Waals surface area (Å²) in [7, 11) is 0. The molecule has 186 valence electrons. The van der Waals surface area contributed by atoms with E-state index in [1.807, 2.05) is 55.5 Å². The van der Waals surface area contributed by atoms with Crippen LogP contribution in [0.15, 0.2) is 60.7 Å². The molecule has 0 bridgehead atoms. The molecule has 1 unspecified atom stereocenters. The molecule has 2 N–H and O–H groups in total. The van der Waals surface area contributed by atoms with Gasteiger partial charge in [0, 0.05) is 36.1 Å². The molecular weight excluding hydrogens is 476 g/mol. The van der Waals surface area contributed by atoms with E-state index in [1.54, 1.807) is 0 Å². The highest BCUT2D eigenvalue weighted by Gasteiger charge is 2.30. The third kappa shape index (κ3) is 4.78. The Bertz CT molecular complexity index is 1260. The van der Waals surface area contributed by atoms with Crippen molar-refractivity contribution in [3.05, 3.63) is 87.9 Å². The van der Waals surface area contributed by atoms with Crippen LogP contribution in [0.1, 0.15) is 41.0 Å². The van der Waals surface area contributed by atoms with Gasteiger partial charge in [0.1, 0.15) is 12.6 Å². The highest BCUT2D eigenvalue weighted by Crippen LogP contribution is 2.44. The Kier molecular flexibility index (Phi) is 6.88. The number of nitrogens with zero attached hydrogens (tertiary/aromatic N) is 1. The van der Waals surface area contributed by atoms with E-state index in [1.165, 1.54) is 0 Å². The summed E-state index contributed by atoms with van der Waals surface area (Å²) >= 11 is 6.54. The minimum atomic E-state index is -1.16. The Balaban J connectivity index is 1.26. The van der Waals surface area contributed by atoms with Gasteiger partial charge < -0.3 is 20.1 Å². The van der Waals surface area contributed by atoms with E-state index in [0.717, 1.165) is 59.4 Å². The number of amides is 1. The Morgan fingerprint density at radius 2 is 1.67 bits per heavy atom. The van der Waals surface area contributed by atoms with Gasteiger partial charge in [0.15, 0.2) is 0 Å². The summed E-state index contributed by atoms with van der Waals surface area (Å²) in [6.45, 7) is 4.12. The predicted octanol–water partition coefficient (Wildman–Crippen LogP) is 5.78. The number of hydrogen-bond acceptors (Lipinski definition) is 4. The normalized spacial score (nSPS) is 15.3. The summed E-state index contributed by atoms with van der Waals surface area (Å²) in [6.07, 6.45) is 1.62. The monoisotopic (exact) mass is 504 g/mol. The fourth-order valence-corrected chi connectivity index (χ4v) is 5.62. The molecule has 3 aromatic carbocycles. The highest BCUT2D eigenvalue weighted by molar-refractivity contribution is 6.31. The summed E-state index contributed by atoms with van der Waals surface area (Å²) in [5.74, 6) is -1.23. The van der Waals surface area contributed by atoms with Crippen LogP contribution in [0.25, 0.3) is 11.1 Å². The average Bonchev–Trinajstić information content (AvgIpc) is 3.51. The molecule has 3 aromatic rings. The van der Waals surface area contributed by atoms with Crippen LogP contribution in [-0.2, 0) is 16.0 Å². The molecule has 2 aliphatic rings. The van der Waals surface area contributed by atoms with Crippen LogP contribution in [-0.4, -0.2) is 42.9 Å². The molecule has 36 heavy (non-hydrogen) atoms. The number of aryl methyl sites for hydroxylation is 1. The Labute approximate surface area is 215 Å². The molecule has 1 atom stereocenters. The van der Waals surface area contributed by atoms with Crippen LogP contribution in [0.5, 0.6) is 0 Å². The van der Waals surface area contributed by atoms with E-state index < -0.39 is 18.1 Å². The van der Waals surface area contributed by atoms with E-state index in [2.05, 4.69) is 22.3 Å². The van der Waals surface area contributed by atoms with Crippen LogP contribution in [0.3, 0.4) is 0 Å². The number of alkyl carbamates (subject to hydrolysis) is 1. The number of carbonyl (C=O) groups is 2. The topological polar surface area (TPSA) is 78.9 Å². The number of anilines is 1. The first-order valence-electron chi connectivity index (χ1n) is 12.3. The quantitative estimate of drug-likeness (QED) is 0.426. The molecule has 1 aliphatic heterocycles. The first-order valence-corrected chi connectivity index (χ1v) is 12.7. The number of aliphatic carboxylic acids is 1. The van der Waals surface area contributed by atoms with Gasteiger partial charge in [0.25, 0.3) is 0 Å². The van der Waals surface area contributed by atoms with Gasteiger partial charge in [-0.2, -0.15) is 0 Å². The van der Waals surface area contributed by atoms with Gasteiger partial charge >= 0.3 is 12.1 Å². The van der Waals surface area contributed by atoms with Gasteiger partial charge in [-0.05, 0) is 59.2 Å². The summed E-state index contributed by atoms with van der Waals surface area (Å²) in [5, 5.41) is 12.8. The van der Waals surface area contributed by atoms with E-state index in [4.69, 9.17) is 16.3 Å². The number of hydrogen-bond donors (Lipinski definition) is 2. The second-order valence-corrected chi connectivity index (χ2v) is 9.90. The molecule has 1 amide bonds. The Morgan fingerprint density at radius 3 is 2.28 bits per heavy atom. The van der Waals surface area contributed by atoms with Crippen molar-refractivity contribution in [3.8, 4) is 11.1 Å². The van der Waals surface area contributed by atoms with Gasteiger partial charge in [-0.15, -0.1) is 0 Å². The first kappa shape index (κ1) is 24.2. The number of carboxylic acid groups (broad SMARTS) is 1. The largest absolute Gasteiger partial charge is 0.480 e. The Morgan fingerprint density at radius 1 is 1.06 bits per heavy atom. The minimum absolute atomic E-state index is 0.0689. The number of nitrogens with one attached hydrogen (secondary N) is 1. The summed E-state index contributed by atoms with van der Waals surface area (Å²) in [4.78, 5) is 27.0. The van der Waals surface area contributed by atoms with Crippen LogP contribution in [0, 0.1) is 6.92 Å². The van der Waals surface area contributed by atoms with Crippen molar-refractivity contribution in [2.75, 3.05) is 24.6 Å². The van der Waals surface area contributed by atoms with Crippen molar-refractivity contribution < 1.29 is 19.4 Å². The second kappa shape index (κ2) is 10.2. The first-order chi connectivity index (χ1) is 17.4. The summed E-state index contributed by atoms with van der Waals surface area (Å²) in [6, 6.07) is 18.8. The van der Waals surface area contributed by atoms with Crippen molar-refractivity contribution >= 4 is 29.4 Å². The molecule has 0 saturated carbocycles. The van der Waals surface area contributed by atoms with Gasteiger partial charge in [-0.3, -0.25) is 0 Å². The standard InChI is InChI=1S/C29H29ClN2O4/c1-18-14-19(25(30)16-27(18)32-12-6-7-13-32)15-26(28(33)34)31-29(35)36-17-24-22-10-4-2-8-20(22)21-9-3-5-11-23(21)24/h2-5,8-11,14,16,24,26H,6-7,12-13,15,17H2,1H3,(H,31,35)(H,33,34). The highest BCUT2D eigenvalue weighted by atomic mass is 35.5. The molecule has 0 aromatic heterocycles. The molecule has 1 aliphatic carbocycles. The van der Waals surface area contributed by atoms with Gasteiger partial charge in [-0.25, -0.2) is 9.59 Å². The van der Waals surface area contributed by atoms with Gasteiger partial charge in [0.05, 0.1) is 0 Å². The molecule has 0 spiro atoms. The lowest BCUT2D eigenvalue weighted by Gasteiger charge is -2.22. The third-order valence-corrected chi connectivity index (χ3v) is 7.52. The fraction of sp³-hybridized carbons (Fsp3) is 0.310. The number of carboxylic acids is 1. The zero-order valence-corrected chi connectivity index (χ0v) is 20.9. The summed E-state index contributed by atoms with van der Waals surface area (Å²) < 4.78 is 5.55. The van der Waals surface area contributed by atoms with Crippen LogP contribution < -0.4 is 10.2 Å². The lowest BCUT2D eigenvalue weighted by atomic mass is 9.98. The summed E-state index contributed by atoms with van der Waals surface area (Å²) in [5.41, 5.74) is 7.27. The van der Waals surface area contributed by atoms with Crippen LogP contribution in [0.4, 0.5) is 10.5 Å². The van der Waals surface area contributed by atoms with E-state index in [9.17, 15) is 14.7 Å². The number of carbonyl (C=O) groups excluding carboxylic acids is 1. The smallest absolute Gasteiger partial charge is 0.407 e. The number of halogens is 1. The van der Waals surface area contributed by atoms with Crippen molar-refractivity contribution in [2.24, 2.45) is 0 Å². The maximum Gasteiger partial charge on any atom is 0.407 e. The zero-order chi connectivity index (χ0) is 25.2. The average molecular weight is 505 g/mol. The van der Waals surface area contributed by atoms with E-state index in [0.29, 0.717) is 10.6 Å². The Hall–Kier alpha value is -3.51. The number of fused-ring (bicyclic) bond motifs is 3. The van der Waals surface area contributed by atoms with Crippen LogP contribution >= 0.6 is 11.6 Å². The number of ether oxygens (including phenoxy) is 1. The van der Waals surface area contributed by atoms with Crippen molar-refractivity contribution in [2.45, 2.75) is 38.1 Å². The molecule has 1 heterocycles. The lowest BCUT2D eigenvalue weighted by molar-refractivity contribution is -0.139. The lowest BCUT2D eigenvalue weighted by Crippen LogP contribution is -2.43. The minimum Gasteiger partial charge on any atom is -0.480 e. The molecule has 7 heteroatoms. The molecule has 6 nitrogen and oxygen atoms in total. The van der Waals surface area contributed by atoms with E-state index in [-0.39, 0.29) is 18.9 Å². The van der Waals surface area contributed by atoms with Crippen molar-refractivity contribution in [1.82, 2.24) is 5.32 Å². The van der Waals surface area contributed by atoms with Gasteiger partial charge in [0.2, 0.25) is 0 Å². The molecule has 1 saturated heterocycles. The van der Waals surface area contributed by atoms with E-state index >= 15 is 0 Å². The molecule has 0 radical (unpaired) electrons. The predicted molar refractivity (Wildman–Crippen MR) is 141 cm³/mol. The molecular formula is C29H29ClN2O4. The molecule has 5 rings (SSSR count). The number of benzene rings is 3. The number of rotatable bonds is 7. The fourth-order valence-electron chi connectivity index (χ4n) is 5.39. The maximum absolute atomic E-state index is 12.7. The zero-order valence-electron chi connectivity index (χ0n) is 20.2. The maximum atomic E-state index is 12.7. The SMILES string of the molecule is Cc1cc(CC(NC(=O)OCC2c3ccccc3-c3ccccc32)C(=O)O)c(Cl)cc1N1CCCC1. The van der Waals surface area contributed by atoms with Crippen LogP contribution in [0.2, 0.25) is 5.02 Å².